The standard InChI is InChI=1S/C10H15ClN4O/c1-2-3-4-8-13-7(10(11)14-8)5-6-9(16)15-12/h5-6H,2-4,12H2,1H3,(H,13,14)(H,15,16). The van der Waals surface area contributed by atoms with Crippen LogP contribution in [-0.2, 0) is 11.2 Å². The quantitative estimate of drug-likeness (QED) is 0.316. The molecule has 1 heterocycles. The molecule has 0 saturated carbocycles. The maximum Gasteiger partial charge on any atom is 0.257 e. The minimum absolute atomic E-state index is 0.394. The summed E-state index contributed by atoms with van der Waals surface area (Å²) >= 11 is 5.92. The molecule has 1 aromatic heterocycles. The summed E-state index contributed by atoms with van der Waals surface area (Å²) < 4.78 is 0. The summed E-state index contributed by atoms with van der Waals surface area (Å²) in [5.41, 5.74) is 2.54. The molecule has 1 amide bonds. The minimum atomic E-state index is -0.394. The Balaban J connectivity index is 2.70. The molecule has 0 aromatic carbocycles. The molecule has 5 nitrogen and oxygen atoms in total. The fourth-order valence-corrected chi connectivity index (χ4v) is 1.40. The van der Waals surface area contributed by atoms with Gasteiger partial charge in [-0.25, -0.2) is 10.8 Å². The first kappa shape index (κ1) is 12.7. The minimum Gasteiger partial charge on any atom is -0.333 e. The zero-order valence-electron chi connectivity index (χ0n) is 9.09. The Morgan fingerprint density at radius 3 is 3.06 bits per heavy atom. The molecule has 1 rings (SSSR count). The molecule has 0 spiro atoms. The first-order valence-corrected chi connectivity index (χ1v) is 5.48. The summed E-state index contributed by atoms with van der Waals surface area (Å²) in [5.74, 6) is 5.37. The number of halogens is 1. The van der Waals surface area contributed by atoms with Gasteiger partial charge < -0.3 is 4.98 Å². The van der Waals surface area contributed by atoms with E-state index in [-0.39, 0.29) is 0 Å². The second-order valence-corrected chi connectivity index (χ2v) is 3.71. The van der Waals surface area contributed by atoms with Crippen molar-refractivity contribution in [1.29, 1.82) is 0 Å². The second kappa shape index (κ2) is 6.30. The summed E-state index contributed by atoms with van der Waals surface area (Å²) in [6.45, 7) is 2.11. The topological polar surface area (TPSA) is 83.8 Å². The van der Waals surface area contributed by atoms with Crippen molar-refractivity contribution in [3.05, 3.63) is 22.7 Å². The maximum atomic E-state index is 10.9. The molecular weight excluding hydrogens is 228 g/mol. The number of nitrogens with one attached hydrogen (secondary N) is 2. The van der Waals surface area contributed by atoms with E-state index in [2.05, 4.69) is 16.9 Å². The van der Waals surface area contributed by atoms with Gasteiger partial charge in [0.15, 0.2) is 0 Å². The molecule has 0 unspecified atom stereocenters. The number of hydrazine groups is 1. The van der Waals surface area contributed by atoms with E-state index in [0.717, 1.165) is 25.1 Å². The number of aryl methyl sites for hydroxylation is 1. The van der Waals surface area contributed by atoms with E-state index in [4.69, 9.17) is 17.4 Å². The van der Waals surface area contributed by atoms with Gasteiger partial charge in [-0.1, -0.05) is 24.9 Å². The van der Waals surface area contributed by atoms with Crippen LogP contribution in [0.3, 0.4) is 0 Å². The number of unbranched alkanes of at least 4 members (excludes halogenated alkanes) is 1. The number of nitrogens with zero attached hydrogens (tertiary/aromatic N) is 1. The van der Waals surface area contributed by atoms with E-state index < -0.39 is 5.91 Å². The van der Waals surface area contributed by atoms with Gasteiger partial charge in [0.1, 0.15) is 16.7 Å². The summed E-state index contributed by atoms with van der Waals surface area (Å²) in [6.07, 6.45) is 5.81. The molecule has 4 N–H and O–H groups in total. The van der Waals surface area contributed by atoms with Gasteiger partial charge in [0.2, 0.25) is 0 Å². The number of rotatable bonds is 5. The van der Waals surface area contributed by atoms with Crippen LogP contribution in [-0.4, -0.2) is 15.9 Å². The molecule has 0 bridgehead atoms. The smallest absolute Gasteiger partial charge is 0.257 e. The summed E-state index contributed by atoms with van der Waals surface area (Å²) in [5, 5.41) is 0.437. The van der Waals surface area contributed by atoms with Gasteiger partial charge >= 0.3 is 0 Å². The van der Waals surface area contributed by atoms with Crippen molar-refractivity contribution in [1.82, 2.24) is 15.4 Å². The number of hydrogen-bond donors (Lipinski definition) is 3. The van der Waals surface area contributed by atoms with Gasteiger partial charge in [-0.3, -0.25) is 10.2 Å². The normalized spacial score (nSPS) is 10.9. The van der Waals surface area contributed by atoms with Gasteiger partial charge in [0.25, 0.3) is 5.91 Å². The van der Waals surface area contributed by atoms with Crippen LogP contribution in [0.4, 0.5) is 0 Å². The number of carbonyl (C=O) groups is 1. The van der Waals surface area contributed by atoms with Crippen LogP contribution in [0.25, 0.3) is 6.08 Å². The molecule has 0 aliphatic heterocycles. The highest BCUT2D eigenvalue weighted by molar-refractivity contribution is 6.30. The molecule has 0 saturated heterocycles. The summed E-state index contributed by atoms with van der Waals surface area (Å²) in [6, 6.07) is 0. The predicted molar refractivity (Wildman–Crippen MR) is 63.6 cm³/mol. The van der Waals surface area contributed by atoms with Crippen molar-refractivity contribution >= 4 is 23.6 Å². The van der Waals surface area contributed by atoms with Crippen molar-refractivity contribution < 1.29 is 4.79 Å². The van der Waals surface area contributed by atoms with Gasteiger partial charge in [-0.05, 0) is 12.5 Å². The number of aromatic nitrogens is 2. The van der Waals surface area contributed by atoms with Crippen LogP contribution < -0.4 is 11.3 Å². The first-order chi connectivity index (χ1) is 7.67. The van der Waals surface area contributed by atoms with Crippen molar-refractivity contribution in [2.24, 2.45) is 5.84 Å². The Bertz CT molecular complexity index is 386. The average Bonchev–Trinajstić information content (AvgIpc) is 2.64. The Morgan fingerprint density at radius 2 is 2.44 bits per heavy atom. The van der Waals surface area contributed by atoms with Gasteiger partial charge in [0, 0.05) is 12.5 Å². The van der Waals surface area contributed by atoms with Crippen LogP contribution in [0, 0.1) is 0 Å². The fourth-order valence-electron chi connectivity index (χ4n) is 1.19. The summed E-state index contributed by atoms with van der Waals surface area (Å²) in [7, 11) is 0. The zero-order chi connectivity index (χ0) is 12.0. The number of H-pyrrole nitrogens is 1. The highest BCUT2D eigenvalue weighted by Crippen LogP contribution is 2.15. The van der Waals surface area contributed by atoms with Crippen molar-refractivity contribution in [2.45, 2.75) is 26.2 Å². The molecule has 0 atom stereocenters. The van der Waals surface area contributed by atoms with E-state index in [1.807, 2.05) is 5.43 Å². The maximum absolute atomic E-state index is 10.9. The van der Waals surface area contributed by atoms with Crippen molar-refractivity contribution in [3.8, 4) is 0 Å². The van der Waals surface area contributed by atoms with E-state index in [1.54, 1.807) is 0 Å². The molecule has 6 heteroatoms. The fraction of sp³-hybridized carbons (Fsp3) is 0.400. The molecular formula is C10H15ClN4O. The SMILES string of the molecule is CCCCc1nc(C=CC(=O)NN)c(Cl)[nH]1. The highest BCUT2D eigenvalue weighted by Gasteiger charge is 2.05. The molecule has 16 heavy (non-hydrogen) atoms. The van der Waals surface area contributed by atoms with Crippen LogP contribution in [0.5, 0.6) is 0 Å². The van der Waals surface area contributed by atoms with Crippen LogP contribution in [0.2, 0.25) is 5.15 Å². The number of hydrogen-bond acceptors (Lipinski definition) is 3. The van der Waals surface area contributed by atoms with Crippen molar-refractivity contribution in [2.75, 3.05) is 0 Å². The first-order valence-electron chi connectivity index (χ1n) is 5.10. The number of nitrogens with two attached hydrogens (primary N) is 1. The molecule has 0 radical (unpaired) electrons. The largest absolute Gasteiger partial charge is 0.333 e. The Morgan fingerprint density at radius 1 is 1.69 bits per heavy atom. The van der Waals surface area contributed by atoms with E-state index in [9.17, 15) is 4.79 Å². The lowest BCUT2D eigenvalue weighted by atomic mass is 10.2. The van der Waals surface area contributed by atoms with Crippen LogP contribution in [0.15, 0.2) is 6.08 Å². The van der Waals surface area contributed by atoms with Gasteiger partial charge in [-0.2, -0.15) is 0 Å². The highest BCUT2D eigenvalue weighted by atomic mass is 35.5. The Kier molecular flexibility index (Phi) is 5.01. The van der Waals surface area contributed by atoms with E-state index in [0.29, 0.717) is 10.8 Å². The zero-order valence-corrected chi connectivity index (χ0v) is 9.84. The third kappa shape index (κ3) is 3.67. The third-order valence-electron chi connectivity index (χ3n) is 2.04. The lowest BCUT2D eigenvalue weighted by Gasteiger charge is -1.91. The molecule has 0 aliphatic rings. The lowest BCUT2D eigenvalue weighted by molar-refractivity contribution is -0.116. The number of amides is 1. The molecule has 1 aromatic rings. The average molecular weight is 243 g/mol. The molecule has 0 aliphatic carbocycles. The van der Waals surface area contributed by atoms with Crippen molar-refractivity contribution in [3.63, 3.8) is 0 Å². The van der Waals surface area contributed by atoms with E-state index >= 15 is 0 Å². The van der Waals surface area contributed by atoms with Crippen LogP contribution >= 0.6 is 11.6 Å². The lowest BCUT2D eigenvalue weighted by Crippen LogP contribution is -2.27. The Hall–Kier alpha value is -1.33. The number of aromatic amines is 1. The van der Waals surface area contributed by atoms with Crippen LogP contribution in [0.1, 0.15) is 31.3 Å². The number of carbonyl (C=O) groups excluding carboxylic acids is 1. The third-order valence-corrected chi connectivity index (χ3v) is 2.32. The van der Waals surface area contributed by atoms with Gasteiger partial charge in [-0.15, -0.1) is 0 Å². The number of imidazole rings is 1. The molecule has 0 fully saturated rings. The van der Waals surface area contributed by atoms with E-state index in [1.165, 1.54) is 12.2 Å². The molecule has 88 valence electrons. The van der Waals surface area contributed by atoms with Gasteiger partial charge in [0.05, 0.1) is 0 Å². The predicted octanol–water partition coefficient (Wildman–Crippen LogP) is 1.41. The second-order valence-electron chi connectivity index (χ2n) is 3.33. The summed E-state index contributed by atoms with van der Waals surface area (Å²) in [4.78, 5) is 18.1. The Labute approximate surface area is 99.0 Å². The monoisotopic (exact) mass is 242 g/mol.